The fourth-order valence-electron chi connectivity index (χ4n) is 13.3. The van der Waals surface area contributed by atoms with Gasteiger partial charge >= 0.3 is 0 Å². The molecule has 6 fully saturated rings. The molecule has 42 heavy (non-hydrogen) atoms. The molecule has 6 saturated carbocycles. The summed E-state index contributed by atoms with van der Waals surface area (Å²) in [5.74, 6) is 4.55. The van der Waals surface area contributed by atoms with Crippen molar-refractivity contribution in [1.29, 1.82) is 0 Å². The van der Waals surface area contributed by atoms with E-state index in [1.165, 1.54) is 75.6 Å². The van der Waals surface area contributed by atoms with Gasteiger partial charge in [0.05, 0.1) is 12.2 Å². The topological polar surface area (TPSA) is 65.2 Å². The highest BCUT2D eigenvalue weighted by molar-refractivity contribution is 5.95. The lowest BCUT2D eigenvalue weighted by Crippen LogP contribution is -2.50. The second kappa shape index (κ2) is 9.62. The van der Waals surface area contributed by atoms with Crippen LogP contribution in [-0.2, 0) is 0 Å². The van der Waals surface area contributed by atoms with E-state index in [-0.39, 0.29) is 23.0 Å². The average molecular weight is 573 g/mol. The summed E-state index contributed by atoms with van der Waals surface area (Å²) in [6, 6.07) is 0. The molecule has 2 N–H and O–H groups in total. The fraction of sp³-hybridized carbons (Fsp3) is 0.842. The van der Waals surface area contributed by atoms with Crippen molar-refractivity contribution < 1.29 is 10.2 Å². The Morgan fingerprint density at radius 1 is 0.548 bits per heavy atom. The third kappa shape index (κ3) is 3.85. The van der Waals surface area contributed by atoms with Crippen molar-refractivity contribution in [3.8, 4) is 0 Å². The SMILES string of the molecule is C[C@]12CC[C@H](O)CC1=CC[C@H]1[C@H]2CC[C@]2(C)/C(=N\N=C3\CC[C@@H]4[C@@H]5CC=C6C[C@H](O)CC[C@@]6(C)[C@@H]5CC[C@]34C)CC[C@H]12. The zero-order valence-corrected chi connectivity index (χ0v) is 26.9. The van der Waals surface area contributed by atoms with Gasteiger partial charge in [0.1, 0.15) is 0 Å². The molecule has 12 atom stereocenters. The Morgan fingerprint density at radius 3 is 1.36 bits per heavy atom. The van der Waals surface area contributed by atoms with Gasteiger partial charge in [-0.15, -0.1) is 0 Å². The molecule has 0 aliphatic heterocycles. The Hall–Kier alpha value is -1.26. The maximum absolute atomic E-state index is 10.4. The Morgan fingerprint density at radius 2 is 0.929 bits per heavy atom. The summed E-state index contributed by atoms with van der Waals surface area (Å²) in [5.41, 5.74) is 7.00. The van der Waals surface area contributed by atoms with Gasteiger partial charge in [-0.3, -0.25) is 0 Å². The van der Waals surface area contributed by atoms with Crippen molar-refractivity contribution in [2.75, 3.05) is 0 Å². The molecular formula is C38H56N2O2. The molecule has 8 aliphatic rings. The summed E-state index contributed by atoms with van der Waals surface area (Å²) in [7, 11) is 0. The number of hydrogen-bond donors (Lipinski definition) is 2. The zero-order chi connectivity index (χ0) is 29.1. The number of allylic oxidation sites excluding steroid dienone is 2. The Labute approximate surface area is 254 Å². The van der Waals surface area contributed by atoms with Gasteiger partial charge in [-0.2, -0.15) is 10.2 Å². The smallest absolute Gasteiger partial charge is 0.0577 e. The lowest BCUT2D eigenvalue weighted by Gasteiger charge is -2.57. The van der Waals surface area contributed by atoms with E-state index in [4.69, 9.17) is 10.2 Å². The van der Waals surface area contributed by atoms with Crippen LogP contribution in [0.5, 0.6) is 0 Å². The van der Waals surface area contributed by atoms with Gasteiger partial charge in [-0.1, -0.05) is 51.0 Å². The second-order valence-corrected chi connectivity index (χ2v) is 17.4. The predicted molar refractivity (Wildman–Crippen MR) is 170 cm³/mol. The number of aliphatic hydroxyl groups excluding tert-OH is 2. The van der Waals surface area contributed by atoms with Gasteiger partial charge in [0.25, 0.3) is 0 Å². The highest BCUT2D eigenvalue weighted by Gasteiger charge is 2.59. The molecule has 0 aromatic rings. The molecule has 4 heteroatoms. The molecule has 8 rings (SSSR count). The van der Waals surface area contributed by atoms with E-state index in [9.17, 15) is 10.2 Å². The summed E-state index contributed by atoms with van der Waals surface area (Å²) in [6.07, 6.45) is 23.4. The van der Waals surface area contributed by atoms with Gasteiger partial charge in [-0.05, 0) is 149 Å². The van der Waals surface area contributed by atoms with Crippen LogP contribution in [-0.4, -0.2) is 33.8 Å². The van der Waals surface area contributed by atoms with Crippen LogP contribution in [0.4, 0.5) is 0 Å². The van der Waals surface area contributed by atoms with E-state index in [2.05, 4.69) is 39.8 Å². The molecule has 0 unspecified atom stereocenters. The van der Waals surface area contributed by atoms with E-state index >= 15 is 0 Å². The monoisotopic (exact) mass is 572 g/mol. The van der Waals surface area contributed by atoms with Gasteiger partial charge in [-0.25, -0.2) is 0 Å². The van der Waals surface area contributed by atoms with E-state index in [1.54, 1.807) is 11.1 Å². The molecule has 0 spiro atoms. The molecule has 0 heterocycles. The van der Waals surface area contributed by atoms with Crippen molar-refractivity contribution >= 4 is 11.4 Å². The maximum Gasteiger partial charge on any atom is 0.0577 e. The summed E-state index contributed by atoms with van der Waals surface area (Å²) >= 11 is 0. The summed E-state index contributed by atoms with van der Waals surface area (Å²) in [5, 5.41) is 31.2. The summed E-state index contributed by atoms with van der Waals surface area (Å²) < 4.78 is 0. The second-order valence-electron chi connectivity index (χ2n) is 17.4. The first-order valence-corrected chi connectivity index (χ1v) is 18.0. The largest absolute Gasteiger partial charge is 0.393 e. The molecular weight excluding hydrogens is 516 g/mol. The lowest BCUT2D eigenvalue weighted by atomic mass is 9.48. The van der Waals surface area contributed by atoms with Crippen LogP contribution >= 0.6 is 0 Å². The van der Waals surface area contributed by atoms with Crippen LogP contribution in [0.3, 0.4) is 0 Å². The highest BCUT2D eigenvalue weighted by Crippen LogP contribution is 2.66. The number of hydrogen-bond acceptors (Lipinski definition) is 4. The summed E-state index contributed by atoms with van der Waals surface area (Å²) in [4.78, 5) is 0. The average Bonchev–Trinajstić information content (AvgIpc) is 3.48. The zero-order valence-electron chi connectivity index (χ0n) is 26.9. The molecule has 0 bridgehead atoms. The fourth-order valence-corrected chi connectivity index (χ4v) is 13.3. The van der Waals surface area contributed by atoms with Crippen LogP contribution in [0, 0.1) is 57.2 Å². The normalized spacial score (nSPS) is 55.1. The minimum atomic E-state index is -0.123. The van der Waals surface area contributed by atoms with Gasteiger partial charge in [0, 0.05) is 22.3 Å². The predicted octanol–water partition coefficient (Wildman–Crippen LogP) is 8.43. The first-order valence-electron chi connectivity index (χ1n) is 18.0. The Bertz CT molecular complexity index is 1170. The minimum absolute atomic E-state index is 0.123. The third-order valence-corrected chi connectivity index (χ3v) is 15.9. The van der Waals surface area contributed by atoms with Crippen molar-refractivity contribution in [1.82, 2.24) is 0 Å². The number of nitrogens with zero attached hydrogens (tertiary/aromatic N) is 2. The third-order valence-electron chi connectivity index (χ3n) is 15.9. The number of aliphatic hydroxyl groups is 2. The van der Waals surface area contributed by atoms with Crippen molar-refractivity contribution in [2.45, 2.75) is 143 Å². The molecule has 0 radical (unpaired) electrons. The van der Waals surface area contributed by atoms with E-state index in [1.807, 2.05) is 0 Å². The van der Waals surface area contributed by atoms with E-state index in [0.29, 0.717) is 10.8 Å². The molecule has 0 aromatic heterocycles. The molecule has 4 nitrogen and oxygen atoms in total. The standard InChI is InChI=1S/C38H56N2O2/c1-35-17-13-25(41)21-23(35)5-7-27-29-9-11-33(37(29,3)19-15-31(27)35)39-40-34-12-10-30-28-8-6-24-22-26(42)14-18-36(24,2)32(28)16-20-38(30,34)4/h5-6,25-32,41-42H,7-22H2,1-4H3/b39-33-,40-34-/t25-,26+,27+,28-,29-,30-,31-,32-,35-,36+,37+,38+/m1/s1. The van der Waals surface area contributed by atoms with Gasteiger partial charge < -0.3 is 10.2 Å². The molecule has 8 aliphatic carbocycles. The minimum Gasteiger partial charge on any atom is -0.393 e. The number of fused-ring (bicyclic) bond motifs is 10. The van der Waals surface area contributed by atoms with Crippen LogP contribution in [0.15, 0.2) is 33.5 Å². The van der Waals surface area contributed by atoms with Gasteiger partial charge in [0.15, 0.2) is 0 Å². The first kappa shape index (κ1) is 28.2. The van der Waals surface area contributed by atoms with Crippen molar-refractivity contribution in [3.63, 3.8) is 0 Å². The molecule has 0 aromatic carbocycles. The Balaban J connectivity index is 1.03. The molecule has 0 amide bonds. The van der Waals surface area contributed by atoms with Crippen LogP contribution in [0.1, 0.15) is 130 Å². The van der Waals surface area contributed by atoms with Crippen LogP contribution in [0.2, 0.25) is 0 Å². The van der Waals surface area contributed by atoms with E-state index < -0.39 is 0 Å². The maximum atomic E-state index is 10.4. The molecule has 0 saturated heterocycles. The lowest BCUT2D eigenvalue weighted by molar-refractivity contribution is -0.0212. The van der Waals surface area contributed by atoms with Crippen LogP contribution < -0.4 is 0 Å². The molecule has 230 valence electrons. The van der Waals surface area contributed by atoms with Gasteiger partial charge in [0.2, 0.25) is 0 Å². The summed E-state index contributed by atoms with van der Waals surface area (Å²) in [6.45, 7) is 10.2. The number of rotatable bonds is 1. The van der Waals surface area contributed by atoms with Crippen LogP contribution in [0.25, 0.3) is 0 Å². The first-order chi connectivity index (χ1) is 20.1. The quantitative estimate of drug-likeness (QED) is 0.245. The van der Waals surface area contributed by atoms with Crippen molar-refractivity contribution in [3.05, 3.63) is 23.3 Å². The van der Waals surface area contributed by atoms with Crippen molar-refractivity contribution in [2.24, 2.45) is 67.4 Å². The Kier molecular flexibility index (Phi) is 6.47. The highest BCUT2D eigenvalue weighted by atomic mass is 16.3. The van der Waals surface area contributed by atoms with E-state index in [0.717, 1.165) is 74.0 Å².